The van der Waals surface area contributed by atoms with E-state index in [1.54, 1.807) is 36.4 Å². The van der Waals surface area contributed by atoms with E-state index in [4.69, 9.17) is 0 Å². The number of carbonyl (C=O) groups excluding carboxylic acids is 2. The fourth-order valence-electron chi connectivity index (χ4n) is 4.46. The Labute approximate surface area is 249 Å². The van der Waals surface area contributed by atoms with Crippen LogP contribution in [-0.2, 0) is 26.2 Å². The molecule has 41 heavy (non-hydrogen) atoms. The predicted octanol–water partition coefficient (Wildman–Crippen LogP) is 5.80. The van der Waals surface area contributed by atoms with Crippen molar-refractivity contribution in [3.05, 3.63) is 89.5 Å². The fraction of sp³-hybridized carbons (Fsp3) is 0.375. The summed E-state index contributed by atoms with van der Waals surface area (Å²) >= 11 is 1.52. The van der Waals surface area contributed by atoms with Crippen molar-refractivity contribution in [1.29, 1.82) is 0 Å². The van der Waals surface area contributed by atoms with Gasteiger partial charge in [0.15, 0.2) is 0 Å². The summed E-state index contributed by atoms with van der Waals surface area (Å²) in [7, 11) is -4.10. The maximum atomic E-state index is 14.1. The number of anilines is 1. The summed E-state index contributed by atoms with van der Waals surface area (Å²) in [5.41, 5.74) is 3.25. The first-order valence-electron chi connectivity index (χ1n) is 13.8. The SMILES string of the molecule is CCC(C(=O)NCC(C)C)N(Cc1cccc(C)c1)C(=O)CN(c1ccc(C)cc1)S(=O)(=O)c1ccc(SC)cc1. The van der Waals surface area contributed by atoms with Gasteiger partial charge in [0, 0.05) is 18.0 Å². The molecule has 3 rings (SSSR count). The molecule has 0 bridgehead atoms. The molecule has 0 radical (unpaired) electrons. The van der Waals surface area contributed by atoms with Gasteiger partial charge in [0.1, 0.15) is 12.6 Å². The van der Waals surface area contributed by atoms with Crippen LogP contribution in [0.15, 0.2) is 82.6 Å². The van der Waals surface area contributed by atoms with Crippen LogP contribution in [-0.4, -0.2) is 50.5 Å². The molecule has 1 N–H and O–H groups in total. The minimum absolute atomic E-state index is 0.0932. The first kappa shape index (κ1) is 32.2. The van der Waals surface area contributed by atoms with Crippen LogP contribution >= 0.6 is 11.8 Å². The molecule has 2 amide bonds. The van der Waals surface area contributed by atoms with Gasteiger partial charge in [0.25, 0.3) is 10.0 Å². The topological polar surface area (TPSA) is 86.8 Å². The highest BCUT2D eigenvalue weighted by molar-refractivity contribution is 7.98. The second-order valence-corrected chi connectivity index (χ2v) is 13.3. The van der Waals surface area contributed by atoms with E-state index in [-0.39, 0.29) is 23.3 Å². The zero-order chi connectivity index (χ0) is 30.2. The van der Waals surface area contributed by atoms with Crippen LogP contribution in [0.25, 0.3) is 0 Å². The average Bonchev–Trinajstić information content (AvgIpc) is 2.95. The molecule has 0 aromatic heterocycles. The molecule has 0 saturated heterocycles. The molecule has 0 saturated carbocycles. The molecule has 0 aliphatic carbocycles. The molecule has 0 aliphatic heterocycles. The monoisotopic (exact) mass is 595 g/mol. The number of sulfonamides is 1. The van der Waals surface area contributed by atoms with Gasteiger partial charge in [-0.2, -0.15) is 0 Å². The highest BCUT2D eigenvalue weighted by Crippen LogP contribution is 2.27. The van der Waals surface area contributed by atoms with Crippen molar-refractivity contribution in [1.82, 2.24) is 10.2 Å². The van der Waals surface area contributed by atoms with Crippen molar-refractivity contribution in [2.24, 2.45) is 5.92 Å². The van der Waals surface area contributed by atoms with Crippen LogP contribution < -0.4 is 9.62 Å². The lowest BCUT2D eigenvalue weighted by atomic mass is 10.1. The minimum atomic E-state index is -4.10. The van der Waals surface area contributed by atoms with E-state index in [0.29, 0.717) is 18.7 Å². The Morgan fingerprint density at radius 1 is 0.927 bits per heavy atom. The molecule has 0 fully saturated rings. The Kier molecular flexibility index (Phi) is 11.4. The number of rotatable bonds is 13. The quantitative estimate of drug-likeness (QED) is 0.253. The fourth-order valence-corrected chi connectivity index (χ4v) is 6.29. The molecular formula is C32H41N3O4S2. The van der Waals surface area contributed by atoms with Crippen molar-refractivity contribution in [2.75, 3.05) is 23.7 Å². The summed E-state index contributed by atoms with van der Waals surface area (Å²) in [4.78, 5) is 30.0. The van der Waals surface area contributed by atoms with Gasteiger partial charge in [0.05, 0.1) is 10.6 Å². The number of nitrogens with zero attached hydrogens (tertiary/aromatic N) is 2. The number of aryl methyl sites for hydroxylation is 2. The van der Waals surface area contributed by atoms with Gasteiger partial charge < -0.3 is 10.2 Å². The lowest BCUT2D eigenvalue weighted by molar-refractivity contribution is -0.140. The van der Waals surface area contributed by atoms with Crippen molar-refractivity contribution in [3.8, 4) is 0 Å². The van der Waals surface area contributed by atoms with Crippen LogP contribution in [0.1, 0.15) is 43.9 Å². The van der Waals surface area contributed by atoms with Gasteiger partial charge in [0.2, 0.25) is 11.8 Å². The molecule has 7 nitrogen and oxygen atoms in total. The molecule has 0 aliphatic rings. The normalized spacial score (nSPS) is 12.2. The van der Waals surface area contributed by atoms with Crippen LogP contribution in [0.4, 0.5) is 5.69 Å². The maximum absolute atomic E-state index is 14.1. The zero-order valence-corrected chi connectivity index (χ0v) is 26.4. The lowest BCUT2D eigenvalue weighted by Crippen LogP contribution is -2.52. The Hall–Kier alpha value is -3.30. The molecule has 0 spiro atoms. The summed E-state index contributed by atoms with van der Waals surface area (Å²) in [5.74, 6) is -0.459. The highest BCUT2D eigenvalue weighted by atomic mass is 32.2. The van der Waals surface area contributed by atoms with Crippen molar-refractivity contribution >= 4 is 39.3 Å². The van der Waals surface area contributed by atoms with Crippen molar-refractivity contribution < 1.29 is 18.0 Å². The molecule has 9 heteroatoms. The highest BCUT2D eigenvalue weighted by Gasteiger charge is 2.33. The van der Waals surface area contributed by atoms with E-state index in [0.717, 1.165) is 25.9 Å². The third kappa shape index (κ3) is 8.60. The van der Waals surface area contributed by atoms with Gasteiger partial charge >= 0.3 is 0 Å². The Morgan fingerprint density at radius 3 is 2.15 bits per heavy atom. The average molecular weight is 596 g/mol. The Morgan fingerprint density at radius 2 is 1.59 bits per heavy atom. The molecule has 3 aromatic carbocycles. The first-order chi connectivity index (χ1) is 19.5. The van der Waals surface area contributed by atoms with Gasteiger partial charge in [-0.05, 0) is 74.4 Å². The number of hydrogen-bond acceptors (Lipinski definition) is 5. The summed E-state index contributed by atoms with van der Waals surface area (Å²) in [6.07, 6.45) is 2.31. The molecular weight excluding hydrogens is 555 g/mol. The third-order valence-electron chi connectivity index (χ3n) is 6.75. The third-order valence-corrected chi connectivity index (χ3v) is 9.29. The second kappa shape index (κ2) is 14.5. The van der Waals surface area contributed by atoms with Gasteiger partial charge in [-0.25, -0.2) is 8.42 Å². The molecule has 0 heterocycles. The molecule has 220 valence electrons. The number of hydrogen-bond donors (Lipinski definition) is 1. The van der Waals surface area contributed by atoms with Gasteiger partial charge in [-0.3, -0.25) is 13.9 Å². The van der Waals surface area contributed by atoms with E-state index >= 15 is 0 Å². The van der Waals surface area contributed by atoms with E-state index in [1.165, 1.54) is 16.7 Å². The first-order valence-corrected chi connectivity index (χ1v) is 16.5. The van der Waals surface area contributed by atoms with E-state index in [1.807, 2.05) is 77.3 Å². The minimum Gasteiger partial charge on any atom is -0.354 e. The van der Waals surface area contributed by atoms with E-state index in [9.17, 15) is 18.0 Å². The summed E-state index contributed by atoms with van der Waals surface area (Å²) in [6.45, 7) is 9.97. The molecule has 1 unspecified atom stereocenters. The van der Waals surface area contributed by atoms with Crippen molar-refractivity contribution in [2.45, 2.75) is 63.4 Å². The second-order valence-electron chi connectivity index (χ2n) is 10.6. The van der Waals surface area contributed by atoms with Gasteiger partial charge in [-0.15, -0.1) is 11.8 Å². The Balaban J connectivity index is 2.04. The molecule has 1 atom stereocenters. The lowest BCUT2D eigenvalue weighted by Gasteiger charge is -2.33. The summed E-state index contributed by atoms with van der Waals surface area (Å²) in [5, 5.41) is 2.96. The number of thioether (sulfide) groups is 1. The predicted molar refractivity (Wildman–Crippen MR) is 168 cm³/mol. The van der Waals surface area contributed by atoms with Crippen LogP contribution in [0.5, 0.6) is 0 Å². The van der Waals surface area contributed by atoms with Crippen LogP contribution in [0.3, 0.4) is 0 Å². The van der Waals surface area contributed by atoms with Crippen molar-refractivity contribution in [3.63, 3.8) is 0 Å². The summed E-state index contributed by atoms with van der Waals surface area (Å²) in [6, 6.07) is 20.7. The van der Waals surface area contributed by atoms with E-state index < -0.39 is 28.5 Å². The van der Waals surface area contributed by atoms with Crippen LogP contribution in [0.2, 0.25) is 0 Å². The smallest absolute Gasteiger partial charge is 0.264 e. The standard InChI is InChI=1S/C32H41N3O4S2/c1-7-30(32(37)33-20-23(2)3)34(21-26-10-8-9-25(5)19-26)31(36)22-35(27-13-11-24(4)12-14-27)41(38,39)29-17-15-28(40-6)16-18-29/h8-19,23,30H,7,20-22H2,1-6H3,(H,33,37). The van der Waals surface area contributed by atoms with Gasteiger partial charge in [-0.1, -0.05) is 68.3 Å². The van der Waals surface area contributed by atoms with Crippen LogP contribution in [0, 0.1) is 19.8 Å². The number of nitrogens with one attached hydrogen (secondary N) is 1. The Bertz CT molecular complexity index is 1420. The summed E-state index contributed by atoms with van der Waals surface area (Å²) < 4.78 is 29.1. The number of benzene rings is 3. The number of amides is 2. The van der Waals surface area contributed by atoms with E-state index in [2.05, 4.69) is 5.32 Å². The maximum Gasteiger partial charge on any atom is 0.264 e. The number of carbonyl (C=O) groups is 2. The molecule has 3 aromatic rings. The largest absolute Gasteiger partial charge is 0.354 e. The zero-order valence-electron chi connectivity index (χ0n) is 24.8.